The quantitative estimate of drug-likeness (QED) is 0.909. The Kier molecular flexibility index (Phi) is 3.71. The van der Waals surface area contributed by atoms with Gasteiger partial charge in [0.15, 0.2) is 0 Å². The van der Waals surface area contributed by atoms with Gasteiger partial charge in [-0.3, -0.25) is 9.89 Å². The Labute approximate surface area is 112 Å². The summed E-state index contributed by atoms with van der Waals surface area (Å²) in [5, 5.41) is 9.18. The third-order valence-electron chi connectivity index (χ3n) is 2.33. The van der Waals surface area contributed by atoms with Crippen molar-refractivity contribution >= 4 is 27.7 Å². The summed E-state index contributed by atoms with van der Waals surface area (Å²) in [6, 6.07) is 3.54. The predicted octanol–water partition coefficient (Wildman–Crippen LogP) is 2.09. The highest BCUT2D eigenvalue weighted by molar-refractivity contribution is 9.10. The smallest absolute Gasteiger partial charge is 0.296 e. The van der Waals surface area contributed by atoms with E-state index in [4.69, 9.17) is 0 Å². The summed E-state index contributed by atoms with van der Waals surface area (Å²) in [6.45, 7) is 3.78. The second-order valence-electron chi connectivity index (χ2n) is 3.68. The number of H-pyrrole nitrogens is 1. The number of anilines is 1. The Morgan fingerprint density at radius 2 is 2.22 bits per heavy atom. The van der Waals surface area contributed by atoms with E-state index >= 15 is 0 Å². The van der Waals surface area contributed by atoms with Crippen LogP contribution in [-0.2, 0) is 6.42 Å². The molecule has 2 N–H and O–H groups in total. The average Bonchev–Trinajstić information content (AvgIpc) is 2.82. The van der Waals surface area contributed by atoms with Crippen molar-refractivity contribution in [1.82, 2.24) is 20.2 Å². The summed E-state index contributed by atoms with van der Waals surface area (Å²) >= 11 is 3.35. The van der Waals surface area contributed by atoms with Gasteiger partial charge in [-0.05, 0) is 35.0 Å². The lowest BCUT2D eigenvalue weighted by Crippen LogP contribution is -2.15. The molecule has 2 aromatic heterocycles. The number of nitrogens with one attached hydrogen (secondary N) is 2. The monoisotopic (exact) mass is 309 g/mol. The van der Waals surface area contributed by atoms with Gasteiger partial charge in [0.1, 0.15) is 11.6 Å². The number of pyridine rings is 1. The number of carbonyl (C=O) groups excluding carboxylic acids is 1. The fourth-order valence-electron chi connectivity index (χ4n) is 1.34. The van der Waals surface area contributed by atoms with Crippen LogP contribution in [0.3, 0.4) is 0 Å². The number of rotatable bonds is 3. The van der Waals surface area contributed by atoms with E-state index < -0.39 is 0 Å². The number of hydrogen-bond donors (Lipinski definition) is 2. The van der Waals surface area contributed by atoms with Gasteiger partial charge >= 0.3 is 0 Å². The normalized spacial score (nSPS) is 10.4. The van der Waals surface area contributed by atoms with Crippen LogP contribution >= 0.6 is 15.9 Å². The maximum atomic E-state index is 11.8. The van der Waals surface area contributed by atoms with E-state index in [0.717, 1.165) is 10.2 Å². The number of hydrogen-bond acceptors (Lipinski definition) is 4. The molecule has 0 fully saturated rings. The molecule has 0 aliphatic rings. The summed E-state index contributed by atoms with van der Waals surface area (Å²) in [5.41, 5.74) is 0.803. The third-order valence-corrected chi connectivity index (χ3v) is 3.17. The van der Waals surface area contributed by atoms with E-state index in [1.165, 1.54) is 0 Å². The van der Waals surface area contributed by atoms with Gasteiger partial charge in [-0.2, -0.15) is 0 Å². The van der Waals surface area contributed by atoms with Gasteiger partial charge in [0.25, 0.3) is 5.91 Å². The zero-order valence-electron chi connectivity index (χ0n) is 9.99. The maximum absolute atomic E-state index is 11.8. The average molecular weight is 310 g/mol. The van der Waals surface area contributed by atoms with Gasteiger partial charge in [0.2, 0.25) is 5.82 Å². The molecule has 0 radical (unpaired) electrons. The molecule has 6 nitrogen and oxygen atoms in total. The SMILES string of the molecule is CCc1nc(C(=O)Nc2ccc(Br)c(C)n2)n[nH]1. The van der Waals surface area contributed by atoms with Crippen molar-refractivity contribution < 1.29 is 4.79 Å². The van der Waals surface area contributed by atoms with Crippen LogP contribution < -0.4 is 5.32 Å². The molecule has 0 saturated heterocycles. The molecule has 0 aromatic carbocycles. The Hall–Kier alpha value is -1.76. The van der Waals surface area contributed by atoms with Crippen LogP contribution in [0.5, 0.6) is 0 Å². The molecule has 2 heterocycles. The van der Waals surface area contributed by atoms with Gasteiger partial charge in [-0.25, -0.2) is 9.97 Å². The summed E-state index contributed by atoms with van der Waals surface area (Å²) in [5.74, 6) is 0.901. The molecular weight excluding hydrogens is 298 g/mol. The van der Waals surface area contributed by atoms with Crippen LogP contribution in [0.25, 0.3) is 0 Å². The van der Waals surface area contributed by atoms with Gasteiger partial charge in [0.05, 0.1) is 5.69 Å². The minimum absolute atomic E-state index is 0.120. The van der Waals surface area contributed by atoms with Crippen molar-refractivity contribution in [1.29, 1.82) is 0 Å². The number of halogens is 1. The van der Waals surface area contributed by atoms with Crippen molar-refractivity contribution in [3.05, 3.63) is 33.9 Å². The molecule has 2 aromatic rings. The Balaban J connectivity index is 2.13. The molecule has 94 valence electrons. The van der Waals surface area contributed by atoms with Crippen LogP contribution in [0.1, 0.15) is 29.1 Å². The number of aryl methyl sites for hydroxylation is 2. The fraction of sp³-hybridized carbons (Fsp3) is 0.273. The van der Waals surface area contributed by atoms with Crippen LogP contribution in [-0.4, -0.2) is 26.1 Å². The van der Waals surface area contributed by atoms with Gasteiger partial charge < -0.3 is 5.32 Å². The standard InChI is InChI=1S/C11H12BrN5O/c1-3-8-14-10(17-16-8)11(18)15-9-5-4-7(12)6(2)13-9/h4-5H,3H2,1-2H3,(H,13,15,18)(H,14,16,17). The molecule has 0 aliphatic heterocycles. The second-order valence-corrected chi connectivity index (χ2v) is 4.53. The van der Waals surface area contributed by atoms with Crippen molar-refractivity contribution in [2.45, 2.75) is 20.3 Å². The number of nitrogens with zero attached hydrogens (tertiary/aromatic N) is 3. The lowest BCUT2D eigenvalue weighted by atomic mass is 10.3. The van der Waals surface area contributed by atoms with Crippen LogP contribution in [0.15, 0.2) is 16.6 Å². The molecule has 2 rings (SSSR count). The number of aromatic nitrogens is 4. The van der Waals surface area contributed by atoms with E-state index in [1.807, 2.05) is 19.9 Å². The molecule has 0 spiro atoms. The first-order valence-corrected chi connectivity index (χ1v) is 6.25. The summed E-state index contributed by atoms with van der Waals surface area (Å²) in [4.78, 5) is 20.1. The van der Waals surface area contributed by atoms with E-state index in [0.29, 0.717) is 18.1 Å². The largest absolute Gasteiger partial charge is 0.304 e. The Morgan fingerprint density at radius 1 is 1.44 bits per heavy atom. The highest BCUT2D eigenvalue weighted by Gasteiger charge is 2.12. The molecule has 0 unspecified atom stereocenters. The van der Waals surface area contributed by atoms with Crippen molar-refractivity contribution in [2.75, 3.05) is 5.32 Å². The molecule has 1 amide bonds. The minimum atomic E-state index is -0.375. The van der Waals surface area contributed by atoms with Crippen LogP contribution in [0, 0.1) is 6.92 Å². The first kappa shape index (κ1) is 12.7. The Morgan fingerprint density at radius 3 is 2.83 bits per heavy atom. The predicted molar refractivity (Wildman–Crippen MR) is 70.4 cm³/mol. The summed E-state index contributed by atoms with van der Waals surface area (Å²) in [7, 11) is 0. The zero-order chi connectivity index (χ0) is 13.1. The fourth-order valence-corrected chi connectivity index (χ4v) is 1.56. The van der Waals surface area contributed by atoms with Crippen molar-refractivity contribution in [2.24, 2.45) is 0 Å². The zero-order valence-corrected chi connectivity index (χ0v) is 11.6. The lowest BCUT2D eigenvalue weighted by Gasteiger charge is -2.03. The van der Waals surface area contributed by atoms with Crippen LogP contribution in [0.2, 0.25) is 0 Å². The van der Waals surface area contributed by atoms with Crippen molar-refractivity contribution in [3.8, 4) is 0 Å². The Bertz CT molecular complexity index is 581. The topological polar surface area (TPSA) is 83.6 Å². The van der Waals surface area contributed by atoms with E-state index in [9.17, 15) is 4.79 Å². The van der Waals surface area contributed by atoms with E-state index in [-0.39, 0.29) is 11.7 Å². The number of aromatic amines is 1. The molecular formula is C11H12BrN5O. The highest BCUT2D eigenvalue weighted by atomic mass is 79.9. The van der Waals surface area contributed by atoms with E-state index in [2.05, 4.69) is 41.4 Å². The summed E-state index contributed by atoms with van der Waals surface area (Å²) in [6.07, 6.45) is 0.704. The third kappa shape index (κ3) is 2.73. The van der Waals surface area contributed by atoms with Gasteiger partial charge in [-0.1, -0.05) is 6.92 Å². The van der Waals surface area contributed by atoms with Gasteiger partial charge in [0, 0.05) is 10.9 Å². The minimum Gasteiger partial charge on any atom is -0.304 e. The number of amides is 1. The maximum Gasteiger partial charge on any atom is 0.296 e. The summed E-state index contributed by atoms with van der Waals surface area (Å²) < 4.78 is 0.895. The molecule has 0 atom stereocenters. The molecule has 0 bridgehead atoms. The van der Waals surface area contributed by atoms with Crippen LogP contribution in [0.4, 0.5) is 5.82 Å². The van der Waals surface area contributed by atoms with Gasteiger partial charge in [-0.15, -0.1) is 5.10 Å². The highest BCUT2D eigenvalue weighted by Crippen LogP contribution is 2.16. The first-order chi connectivity index (χ1) is 8.60. The second kappa shape index (κ2) is 5.26. The molecule has 18 heavy (non-hydrogen) atoms. The lowest BCUT2D eigenvalue weighted by molar-refractivity contribution is 0.101. The first-order valence-electron chi connectivity index (χ1n) is 5.46. The number of carbonyl (C=O) groups is 1. The molecule has 0 aliphatic carbocycles. The van der Waals surface area contributed by atoms with E-state index in [1.54, 1.807) is 6.07 Å². The molecule has 7 heteroatoms. The van der Waals surface area contributed by atoms with Crippen molar-refractivity contribution in [3.63, 3.8) is 0 Å². The molecule has 0 saturated carbocycles.